The SMILES string of the molecule is CCn1cc(C)nc1NCc1ccc(C(F)(F)F)cc1. The van der Waals surface area contributed by atoms with Gasteiger partial charge in [0.25, 0.3) is 0 Å². The minimum absolute atomic E-state index is 0.439. The molecule has 108 valence electrons. The zero-order valence-electron chi connectivity index (χ0n) is 11.3. The summed E-state index contributed by atoms with van der Waals surface area (Å²) >= 11 is 0. The summed E-state index contributed by atoms with van der Waals surface area (Å²) in [6.45, 7) is 5.13. The molecule has 1 aromatic carbocycles. The average molecular weight is 283 g/mol. The zero-order valence-corrected chi connectivity index (χ0v) is 11.3. The fourth-order valence-corrected chi connectivity index (χ4v) is 1.92. The number of nitrogens with zero attached hydrogens (tertiary/aromatic N) is 2. The minimum Gasteiger partial charge on any atom is -0.352 e. The van der Waals surface area contributed by atoms with Crippen LogP contribution in [0.15, 0.2) is 30.5 Å². The molecule has 2 aromatic rings. The number of alkyl halides is 3. The van der Waals surface area contributed by atoms with Gasteiger partial charge in [-0.05, 0) is 31.5 Å². The van der Waals surface area contributed by atoms with Crippen molar-refractivity contribution in [1.82, 2.24) is 9.55 Å². The number of nitrogens with one attached hydrogen (secondary N) is 1. The van der Waals surface area contributed by atoms with Crippen LogP contribution in [-0.4, -0.2) is 9.55 Å². The molecular formula is C14H16F3N3. The highest BCUT2D eigenvalue weighted by atomic mass is 19.4. The summed E-state index contributed by atoms with van der Waals surface area (Å²) in [7, 11) is 0. The summed E-state index contributed by atoms with van der Waals surface area (Å²) in [6.07, 6.45) is -2.36. The number of imidazole rings is 1. The molecule has 0 fully saturated rings. The van der Waals surface area contributed by atoms with Gasteiger partial charge in [-0.2, -0.15) is 13.2 Å². The maximum Gasteiger partial charge on any atom is 0.416 e. The highest BCUT2D eigenvalue weighted by Gasteiger charge is 2.29. The molecule has 1 N–H and O–H groups in total. The Bertz CT molecular complexity index is 570. The number of hydrogen-bond acceptors (Lipinski definition) is 2. The number of benzene rings is 1. The summed E-state index contributed by atoms with van der Waals surface area (Å²) in [5, 5.41) is 3.13. The maximum atomic E-state index is 12.4. The summed E-state index contributed by atoms with van der Waals surface area (Å²) in [6, 6.07) is 5.13. The van der Waals surface area contributed by atoms with Crippen molar-refractivity contribution < 1.29 is 13.2 Å². The van der Waals surface area contributed by atoms with Crippen LogP contribution in [0.25, 0.3) is 0 Å². The van der Waals surface area contributed by atoms with Crippen LogP contribution in [0.1, 0.15) is 23.7 Å². The maximum absolute atomic E-state index is 12.4. The molecule has 0 unspecified atom stereocenters. The summed E-state index contributed by atoms with van der Waals surface area (Å²) in [5.74, 6) is 0.727. The third-order valence-electron chi connectivity index (χ3n) is 2.97. The second kappa shape index (κ2) is 5.56. The lowest BCUT2D eigenvalue weighted by atomic mass is 10.1. The van der Waals surface area contributed by atoms with Gasteiger partial charge in [-0.1, -0.05) is 12.1 Å². The van der Waals surface area contributed by atoms with Crippen LogP contribution >= 0.6 is 0 Å². The van der Waals surface area contributed by atoms with Crippen LogP contribution in [0.2, 0.25) is 0 Å². The normalized spacial score (nSPS) is 11.7. The first-order valence-electron chi connectivity index (χ1n) is 6.34. The summed E-state index contributed by atoms with van der Waals surface area (Å²) in [5.41, 5.74) is 1.05. The molecule has 0 saturated carbocycles. The largest absolute Gasteiger partial charge is 0.416 e. The Hall–Kier alpha value is -1.98. The van der Waals surface area contributed by atoms with E-state index in [9.17, 15) is 13.2 Å². The molecule has 0 amide bonds. The van der Waals surface area contributed by atoms with E-state index in [0.29, 0.717) is 6.54 Å². The molecule has 6 heteroatoms. The quantitative estimate of drug-likeness (QED) is 0.923. The number of rotatable bonds is 4. The Morgan fingerprint density at radius 1 is 1.20 bits per heavy atom. The average Bonchev–Trinajstić information content (AvgIpc) is 2.76. The summed E-state index contributed by atoms with van der Waals surface area (Å²) in [4.78, 5) is 4.33. The second-order valence-electron chi connectivity index (χ2n) is 4.54. The number of aromatic nitrogens is 2. The van der Waals surface area contributed by atoms with Crippen molar-refractivity contribution in [3.63, 3.8) is 0 Å². The van der Waals surface area contributed by atoms with E-state index in [0.717, 1.165) is 35.9 Å². The standard InChI is InChI=1S/C14H16F3N3/c1-3-20-9-10(2)19-13(20)18-8-11-4-6-12(7-5-11)14(15,16)17/h4-7,9H,3,8H2,1-2H3,(H,18,19). The van der Waals surface area contributed by atoms with Crippen molar-refractivity contribution in [1.29, 1.82) is 0 Å². The predicted octanol–water partition coefficient (Wildman–Crippen LogP) is 3.84. The van der Waals surface area contributed by atoms with Gasteiger partial charge in [0.1, 0.15) is 0 Å². The Morgan fingerprint density at radius 3 is 2.40 bits per heavy atom. The van der Waals surface area contributed by atoms with Crippen LogP contribution in [0.3, 0.4) is 0 Å². The molecule has 0 spiro atoms. The third kappa shape index (κ3) is 3.31. The summed E-state index contributed by atoms with van der Waals surface area (Å²) < 4.78 is 39.3. The highest BCUT2D eigenvalue weighted by molar-refractivity contribution is 5.32. The van der Waals surface area contributed by atoms with E-state index in [4.69, 9.17) is 0 Å². The van der Waals surface area contributed by atoms with E-state index >= 15 is 0 Å². The number of hydrogen-bond donors (Lipinski definition) is 1. The van der Waals surface area contributed by atoms with Crippen LogP contribution in [0.5, 0.6) is 0 Å². The first-order valence-corrected chi connectivity index (χ1v) is 6.34. The fourth-order valence-electron chi connectivity index (χ4n) is 1.92. The monoisotopic (exact) mass is 283 g/mol. The fraction of sp³-hybridized carbons (Fsp3) is 0.357. The van der Waals surface area contributed by atoms with Gasteiger partial charge in [0.2, 0.25) is 5.95 Å². The van der Waals surface area contributed by atoms with Crippen LogP contribution < -0.4 is 5.32 Å². The van der Waals surface area contributed by atoms with Crippen molar-refractivity contribution in [3.05, 3.63) is 47.3 Å². The van der Waals surface area contributed by atoms with E-state index < -0.39 is 11.7 Å². The smallest absolute Gasteiger partial charge is 0.352 e. The van der Waals surface area contributed by atoms with Gasteiger partial charge < -0.3 is 9.88 Å². The van der Waals surface area contributed by atoms with Gasteiger partial charge in [-0.15, -0.1) is 0 Å². The van der Waals surface area contributed by atoms with Gasteiger partial charge in [-0.25, -0.2) is 4.98 Å². The molecule has 0 radical (unpaired) electrons. The second-order valence-corrected chi connectivity index (χ2v) is 4.54. The van der Waals surface area contributed by atoms with E-state index in [1.54, 1.807) is 0 Å². The third-order valence-corrected chi connectivity index (χ3v) is 2.97. The van der Waals surface area contributed by atoms with E-state index in [2.05, 4.69) is 10.3 Å². The van der Waals surface area contributed by atoms with Crippen LogP contribution in [0, 0.1) is 6.92 Å². The van der Waals surface area contributed by atoms with Crippen LogP contribution in [0.4, 0.5) is 19.1 Å². The molecule has 0 aliphatic heterocycles. The lowest BCUT2D eigenvalue weighted by Gasteiger charge is -2.09. The van der Waals surface area contributed by atoms with Gasteiger partial charge >= 0.3 is 6.18 Å². The van der Waals surface area contributed by atoms with Crippen LogP contribution in [-0.2, 0) is 19.3 Å². The molecule has 0 aliphatic rings. The van der Waals surface area contributed by atoms with Gasteiger partial charge in [0.15, 0.2) is 0 Å². The molecule has 0 bridgehead atoms. The zero-order chi connectivity index (χ0) is 14.8. The molecule has 3 nitrogen and oxygen atoms in total. The van der Waals surface area contributed by atoms with E-state index in [1.165, 1.54) is 12.1 Å². The Kier molecular flexibility index (Phi) is 4.01. The lowest BCUT2D eigenvalue weighted by Crippen LogP contribution is -2.08. The molecule has 1 heterocycles. The van der Waals surface area contributed by atoms with Crippen molar-refractivity contribution in [2.45, 2.75) is 33.1 Å². The first kappa shape index (κ1) is 14.4. The minimum atomic E-state index is -4.29. The predicted molar refractivity (Wildman–Crippen MR) is 71.4 cm³/mol. The molecule has 0 atom stereocenters. The molecule has 1 aromatic heterocycles. The van der Waals surface area contributed by atoms with Crippen molar-refractivity contribution in [2.75, 3.05) is 5.32 Å². The lowest BCUT2D eigenvalue weighted by molar-refractivity contribution is -0.137. The van der Waals surface area contributed by atoms with Crippen molar-refractivity contribution in [2.24, 2.45) is 0 Å². The number of anilines is 1. The Balaban J connectivity index is 2.04. The van der Waals surface area contributed by atoms with Crippen molar-refractivity contribution in [3.8, 4) is 0 Å². The Morgan fingerprint density at radius 2 is 1.85 bits per heavy atom. The number of halogens is 3. The number of aryl methyl sites for hydroxylation is 2. The topological polar surface area (TPSA) is 29.9 Å². The van der Waals surface area contributed by atoms with E-state index in [1.807, 2.05) is 24.6 Å². The first-order chi connectivity index (χ1) is 9.40. The highest BCUT2D eigenvalue weighted by Crippen LogP contribution is 2.29. The van der Waals surface area contributed by atoms with Crippen molar-refractivity contribution >= 4 is 5.95 Å². The molecule has 0 saturated heterocycles. The molecular weight excluding hydrogens is 267 g/mol. The molecule has 20 heavy (non-hydrogen) atoms. The van der Waals surface area contributed by atoms with Gasteiger partial charge in [0, 0.05) is 19.3 Å². The van der Waals surface area contributed by atoms with Gasteiger partial charge in [-0.3, -0.25) is 0 Å². The van der Waals surface area contributed by atoms with Gasteiger partial charge in [0.05, 0.1) is 11.3 Å². The molecule has 2 rings (SSSR count). The van der Waals surface area contributed by atoms with E-state index in [-0.39, 0.29) is 0 Å². The molecule has 0 aliphatic carbocycles. The Labute approximate surface area is 115 Å².